The molecule has 6 nitrogen and oxygen atoms in total. The van der Waals surface area contributed by atoms with Gasteiger partial charge in [-0.05, 0) is 18.1 Å². The lowest BCUT2D eigenvalue weighted by molar-refractivity contribution is -0.532. The predicted molar refractivity (Wildman–Crippen MR) is 152 cm³/mol. The van der Waals surface area contributed by atoms with E-state index in [-0.39, 0.29) is 6.61 Å². The number of rotatable bonds is 23. The molecule has 2 rings (SSSR count). The average Bonchev–Trinajstić information content (AvgIpc) is 2.87. The van der Waals surface area contributed by atoms with E-state index >= 15 is 0 Å². The lowest BCUT2D eigenvalue weighted by atomic mass is 10.0. The van der Waals surface area contributed by atoms with Crippen LogP contribution in [0, 0.1) is 0 Å². The van der Waals surface area contributed by atoms with E-state index < -0.39 is 16.5 Å². The molecule has 1 aliphatic rings. The molecule has 1 N–H and O–H groups in total. The summed E-state index contributed by atoms with van der Waals surface area (Å²) < 4.78 is 44.5. The van der Waals surface area contributed by atoms with E-state index in [1.165, 1.54) is 95.5 Å². The van der Waals surface area contributed by atoms with E-state index in [0.29, 0.717) is 13.2 Å². The summed E-state index contributed by atoms with van der Waals surface area (Å²) in [6.07, 6.45) is 23.4. The van der Waals surface area contributed by atoms with Crippen LogP contribution in [0.5, 0.6) is 0 Å². The number of ether oxygens (including phenoxy) is 1. The Labute approximate surface area is 226 Å². The van der Waals surface area contributed by atoms with Crippen molar-refractivity contribution in [3.8, 4) is 0 Å². The Hall–Kier alpha value is -1.28. The van der Waals surface area contributed by atoms with Gasteiger partial charge in [-0.3, -0.25) is 4.55 Å². The topological polar surface area (TPSA) is 75.8 Å². The molecular weight excluding hydrogens is 486 g/mol. The number of hydrogen-bond donors (Lipinski definition) is 1. The first kappa shape index (κ1) is 31.9. The lowest BCUT2D eigenvalue weighted by Crippen LogP contribution is -2.36. The molecule has 0 aromatic heterocycles. The molecule has 0 fully saturated rings. The van der Waals surface area contributed by atoms with E-state index in [2.05, 4.69) is 13.0 Å². The molecule has 0 radical (unpaired) electrons. The zero-order chi connectivity index (χ0) is 26.6. The molecular formula is C30H52NO5S+. The number of unbranched alkanes of at least 4 members (excludes halogenated alkanes) is 15. The SMILES string of the molecule is CCCCCCCCCCCCCCCCCCOCC(C[N+]1=Cc2ccccc2CC1)OS(=O)(=O)O. The van der Waals surface area contributed by atoms with Crippen molar-refractivity contribution in [2.45, 2.75) is 122 Å². The van der Waals surface area contributed by atoms with Gasteiger partial charge in [0, 0.05) is 18.6 Å². The van der Waals surface area contributed by atoms with Crippen molar-refractivity contribution in [3.05, 3.63) is 35.4 Å². The first-order valence-electron chi connectivity index (χ1n) is 14.9. The van der Waals surface area contributed by atoms with Gasteiger partial charge in [0.05, 0.1) is 6.61 Å². The van der Waals surface area contributed by atoms with Gasteiger partial charge in [0.15, 0.2) is 18.9 Å². The molecule has 0 saturated carbocycles. The Kier molecular flexibility index (Phi) is 17.0. The molecule has 0 saturated heterocycles. The number of fused-ring (bicyclic) bond motifs is 1. The number of nitrogens with zero attached hydrogens (tertiary/aromatic N) is 1. The third kappa shape index (κ3) is 16.3. The maximum atomic E-state index is 11.3. The van der Waals surface area contributed by atoms with E-state index in [1.807, 2.05) is 29.0 Å². The third-order valence-electron chi connectivity index (χ3n) is 7.19. The molecule has 0 bridgehead atoms. The van der Waals surface area contributed by atoms with Gasteiger partial charge in [-0.15, -0.1) is 0 Å². The Balaban J connectivity index is 1.47. The summed E-state index contributed by atoms with van der Waals surface area (Å²) in [5.74, 6) is 0. The third-order valence-corrected chi connectivity index (χ3v) is 7.70. The Morgan fingerprint density at radius 3 is 1.95 bits per heavy atom. The normalized spacial score (nSPS) is 14.4. The van der Waals surface area contributed by atoms with Crippen LogP contribution < -0.4 is 0 Å². The van der Waals surface area contributed by atoms with E-state index in [1.54, 1.807) is 0 Å². The summed E-state index contributed by atoms with van der Waals surface area (Å²) in [5.41, 5.74) is 2.42. The largest absolute Gasteiger partial charge is 0.397 e. The minimum Gasteiger partial charge on any atom is -0.378 e. The summed E-state index contributed by atoms with van der Waals surface area (Å²) >= 11 is 0. The highest BCUT2D eigenvalue weighted by molar-refractivity contribution is 7.80. The summed E-state index contributed by atoms with van der Waals surface area (Å²) in [7, 11) is -4.53. The molecule has 1 aromatic carbocycles. The lowest BCUT2D eigenvalue weighted by Gasteiger charge is -2.17. The fraction of sp³-hybridized carbons (Fsp3) is 0.767. The van der Waals surface area contributed by atoms with E-state index in [4.69, 9.17) is 8.92 Å². The van der Waals surface area contributed by atoms with Crippen LogP contribution in [0.25, 0.3) is 0 Å². The van der Waals surface area contributed by atoms with Crippen LogP contribution in [0.2, 0.25) is 0 Å². The fourth-order valence-electron chi connectivity index (χ4n) is 5.07. The van der Waals surface area contributed by atoms with Gasteiger partial charge in [0.2, 0.25) is 0 Å². The molecule has 0 spiro atoms. The van der Waals surface area contributed by atoms with Crippen LogP contribution in [0.3, 0.4) is 0 Å². The van der Waals surface area contributed by atoms with Gasteiger partial charge in [-0.25, -0.2) is 8.76 Å². The van der Waals surface area contributed by atoms with Gasteiger partial charge < -0.3 is 4.74 Å². The maximum Gasteiger partial charge on any atom is 0.397 e. The van der Waals surface area contributed by atoms with Gasteiger partial charge in [0.25, 0.3) is 0 Å². The molecule has 1 heterocycles. The van der Waals surface area contributed by atoms with Crippen LogP contribution in [0.1, 0.15) is 121 Å². The summed E-state index contributed by atoms with van der Waals surface area (Å²) in [5, 5.41) is 0. The first-order valence-corrected chi connectivity index (χ1v) is 16.2. The Morgan fingerprint density at radius 1 is 0.838 bits per heavy atom. The molecule has 0 amide bonds. The van der Waals surface area contributed by atoms with Crippen LogP contribution in [0.15, 0.2) is 24.3 Å². The molecule has 7 heteroatoms. The monoisotopic (exact) mass is 538 g/mol. The second-order valence-electron chi connectivity index (χ2n) is 10.6. The zero-order valence-corrected chi connectivity index (χ0v) is 24.1. The maximum absolute atomic E-state index is 11.3. The summed E-state index contributed by atoms with van der Waals surface area (Å²) in [4.78, 5) is 0. The van der Waals surface area contributed by atoms with E-state index in [9.17, 15) is 13.0 Å². The molecule has 1 aliphatic heterocycles. The van der Waals surface area contributed by atoms with Gasteiger partial charge in [-0.1, -0.05) is 121 Å². The number of benzene rings is 1. The highest BCUT2D eigenvalue weighted by Gasteiger charge is 2.25. The van der Waals surface area contributed by atoms with Crippen LogP contribution in [-0.4, -0.2) is 56.2 Å². The average molecular weight is 539 g/mol. The summed E-state index contributed by atoms with van der Waals surface area (Å²) in [6, 6.07) is 8.18. The molecule has 1 unspecified atom stereocenters. The standard InChI is InChI=1S/C30H51NO5S/c1-2-3-4-5-6-7-8-9-10-11-12-13-14-15-16-19-24-35-27-30(36-37(32,33)34)26-31-23-22-28-20-17-18-21-29(28)25-31/h17-18,20-21,25,30H,2-16,19,22-24,26-27H2,1H3/p+1. The fourth-order valence-corrected chi connectivity index (χ4v) is 5.53. The zero-order valence-electron chi connectivity index (χ0n) is 23.2. The van der Waals surface area contributed by atoms with E-state index in [0.717, 1.165) is 31.4 Å². The molecule has 212 valence electrons. The van der Waals surface area contributed by atoms with Gasteiger partial charge in [0.1, 0.15) is 6.54 Å². The van der Waals surface area contributed by atoms with Gasteiger partial charge >= 0.3 is 10.4 Å². The van der Waals surface area contributed by atoms with Crippen molar-refractivity contribution in [1.82, 2.24) is 0 Å². The Bertz CT molecular complexity index is 855. The van der Waals surface area contributed by atoms with Crippen LogP contribution >= 0.6 is 0 Å². The molecule has 0 aliphatic carbocycles. The van der Waals surface area contributed by atoms with Crippen LogP contribution in [0.4, 0.5) is 0 Å². The van der Waals surface area contributed by atoms with Crippen LogP contribution in [-0.2, 0) is 25.7 Å². The van der Waals surface area contributed by atoms with Crippen molar-refractivity contribution in [2.24, 2.45) is 0 Å². The number of hydrogen-bond acceptors (Lipinski definition) is 4. The first-order chi connectivity index (χ1) is 18.0. The summed E-state index contributed by atoms with van der Waals surface area (Å²) in [6.45, 7) is 4.13. The second kappa shape index (κ2) is 19.7. The molecule has 37 heavy (non-hydrogen) atoms. The highest BCUT2D eigenvalue weighted by atomic mass is 32.3. The minimum atomic E-state index is -4.53. The van der Waals surface area contributed by atoms with Crippen molar-refractivity contribution < 1.29 is 26.5 Å². The van der Waals surface area contributed by atoms with Crippen molar-refractivity contribution in [1.29, 1.82) is 0 Å². The smallest absolute Gasteiger partial charge is 0.378 e. The van der Waals surface area contributed by atoms with Crippen molar-refractivity contribution in [3.63, 3.8) is 0 Å². The Morgan fingerprint density at radius 2 is 1.38 bits per heavy atom. The quantitative estimate of drug-likeness (QED) is 0.0910. The highest BCUT2D eigenvalue weighted by Crippen LogP contribution is 2.15. The van der Waals surface area contributed by atoms with Crippen molar-refractivity contribution >= 4 is 16.6 Å². The van der Waals surface area contributed by atoms with Gasteiger partial charge in [-0.2, -0.15) is 8.42 Å². The van der Waals surface area contributed by atoms with Crippen molar-refractivity contribution in [2.75, 3.05) is 26.3 Å². The minimum absolute atomic E-state index is 0.143. The second-order valence-corrected chi connectivity index (χ2v) is 11.6. The molecule has 1 atom stereocenters. The predicted octanol–water partition coefficient (Wildman–Crippen LogP) is 7.14. The molecule has 1 aromatic rings.